The molecular formula is C15H14O2Se. The molecule has 0 bridgehead atoms. The SMILES string of the molecule is COc1cccc(C(=O)C[Se]c2ccccc2)c1. The van der Waals surface area contributed by atoms with Gasteiger partial charge in [-0.25, -0.2) is 0 Å². The van der Waals surface area contributed by atoms with Gasteiger partial charge in [-0.15, -0.1) is 0 Å². The molecule has 2 aromatic rings. The molecule has 0 saturated heterocycles. The average Bonchev–Trinajstić information content (AvgIpc) is 2.46. The number of methoxy groups -OCH3 is 1. The van der Waals surface area contributed by atoms with Gasteiger partial charge in [0.2, 0.25) is 0 Å². The normalized spacial score (nSPS) is 10.1. The molecule has 0 amide bonds. The Morgan fingerprint density at radius 1 is 1.11 bits per heavy atom. The second-order valence-corrected chi connectivity index (χ2v) is 5.96. The number of ether oxygens (including phenoxy) is 1. The summed E-state index contributed by atoms with van der Waals surface area (Å²) in [7, 11) is 1.61. The van der Waals surface area contributed by atoms with Crippen molar-refractivity contribution in [1.82, 2.24) is 0 Å². The third kappa shape index (κ3) is 3.46. The van der Waals surface area contributed by atoms with Crippen molar-refractivity contribution in [1.29, 1.82) is 0 Å². The van der Waals surface area contributed by atoms with Crippen molar-refractivity contribution in [3.63, 3.8) is 0 Å². The number of rotatable bonds is 5. The van der Waals surface area contributed by atoms with Crippen LogP contribution in [-0.2, 0) is 0 Å². The van der Waals surface area contributed by atoms with Gasteiger partial charge < -0.3 is 0 Å². The molecule has 0 heterocycles. The minimum absolute atomic E-state index is 0.178. The summed E-state index contributed by atoms with van der Waals surface area (Å²) in [5, 5.41) is 0.587. The Hall–Kier alpha value is -1.57. The van der Waals surface area contributed by atoms with Crippen molar-refractivity contribution in [2.45, 2.75) is 5.32 Å². The summed E-state index contributed by atoms with van der Waals surface area (Å²) < 4.78 is 6.37. The van der Waals surface area contributed by atoms with Gasteiger partial charge in [-0.2, -0.15) is 0 Å². The molecular weight excluding hydrogens is 291 g/mol. The van der Waals surface area contributed by atoms with Crippen molar-refractivity contribution >= 4 is 25.2 Å². The van der Waals surface area contributed by atoms with Crippen molar-refractivity contribution in [2.75, 3.05) is 7.11 Å². The van der Waals surface area contributed by atoms with E-state index in [9.17, 15) is 4.79 Å². The van der Waals surface area contributed by atoms with Crippen LogP contribution in [0.3, 0.4) is 0 Å². The average molecular weight is 305 g/mol. The number of hydrogen-bond acceptors (Lipinski definition) is 2. The van der Waals surface area contributed by atoms with Crippen LogP contribution in [0.15, 0.2) is 54.6 Å². The Morgan fingerprint density at radius 3 is 2.61 bits per heavy atom. The molecule has 0 atom stereocenters. The number of hydrogen-bond donors (Lipinski definition) is 0. The van der Waals surface area contributed by atoms with E-state index in [1.807, 2.05) is 36.4 Å². The number of Topliss-reactive ketones (excluding diaryl/α,β-unsaturated/α-hetero) is 1. The number of benzene rings is 2. The van der Waals surface area contributed by atoms with E-state index in [2.05, 4.69) is 12.1 Å². The van der Waals surface area contributed by atoms with Crippen molar-refractivity contribution < 1.29 is 9.53 Å². The molecule has 0 N–H and O–H groups in total. The first-order chi connectivity index (χ1) is 8.79. The van der Waals surface area contributed by atoms with Crippen molar-refractivity contribution in [2.24, 2.45) is 0 Å². The van der Waals surface area contributed by atoms with Gasteiger partial charge in [0.25, 0.3) is 0 Å². The molecule has 0 fully saturated rings. The summed E-state index contributed by atoms with van der Waals surface area (Å²) in [5.41, 5.74) is 0.729. The predicted molar refractivity (Wildman–Crippen MR) is 74.0 cm³/mol. The second-order valence-electron chi connectivity index (χ2n) is 3.76. The Kier molecular flexibility index (Phi) is 4.57. The van der Waals surface area contributed by atoms with Gasteiger partial charge in [0, 0.05) is 0 Å². The maximum absolute atomic E-state index is 12.0. The van der Waals surface area contributed by atoms with E-state index in [-0.39, 0.29) is 20.7 Å². The van der Waals surface area contributed by atoms with Crippen LogP contribution in [0.2, 0.25) is 5.32 Å². The van der Waals surface area contributed by atoms with Gasteiger partial charge in [-0.05, 0) is 0 Å². The Morgan fingerprint density at radius 2 is 1.89 bits per heavy atom. The molecule has 0 aliphatic heterocycles. The van der Waals surface area contributed by atoms with Crippen LogP contribution in [0.1, 0.15) is 10.4 Å². The summed E-state index contributed by atoms with van der Waals surface area (Å²) in [6, 6.07) is 17.5. The molecule has 2 aromatic carbocycles. The molecule has 0 aliphatic carbocycles. The minimum atomic E-state index is 0.178. The van der Waals surface area contributed by atoms with Crippen molar-refractivity contribution in [3.8, 4) is 5.75 Å². The summed E-state index contributed by atoms with van der Waals surface area (Å²) in [6.45, 7) is 0. The molecule has 18 heavy (non-hydrogen) atoms. The molecule has 2 nitrogen and oxygen atoms in total. The van der Waals surface area contributed by atoms with Crippen molar-refractivity contribution in [3.05, 3.63) is 60.2 Å². The fourth-order valence-corrected chi connectivity index (χ4v) is 3.25. The summed E-state index contributed by atoms with van der Waals surface area (Å²) >= 11 is 0.196. The standard InChI is InChI=1S/C15H14O2Se/c1-17-13-7-5-6-12(10-13)15(16)11-18-14-8-3-2-4-9-14/h2-10H,11H2,1H3. The van der Waals surface area contributed by atoms with Crippen LogP contribution >= 0.6 is 0 Å². The third-order valence-electron chi connectivity index (χ3n) is 2.50. The fourth-order valence-electron chi connectivity index (χ4n) is 1.55. The zero-order valence-electron chi connectivity index (χ0n) is 10.1. The van der Waals surface area contributed by atoms with Crippen LogP contribution in [0, 0.1) is 0 Å². The van der Waals surface area contributed by atoms with Crippen LogP contribution in [-0.4, -0.2) is 27.8 Å². The molecule has 0 saturated carbocycles. The topological polar surface area (TPSA) is 26.3 Å². The van der Waals surface area contributed by atoms with E-state index in [0.717, 1.165) is 11.3 Å². The summed E-state index contributed by atoms with van der Waals surface area (Å²) in [5.74, 6) is 0.908. The quantitative estimate of drug-likeness (QED) is 0.626. The van der Waals surface area contributed by atoms with E-state index in [0.29, 0.717) is 5.32 Å². The molecule has 0 aliphatic rings. The first kappa shape index (κ1) is 12.9. The molecule has 0 spiro atoms. The van der Waals surface area contributed by atoms with E-state index in [1.165, 1.54) is 4.46 Å². The monoisotopic (exact) mass is 306 g/mol. The van der Waals surface area contributed by atoms with Gasteiger partial charge in [0.15, 0.2) is 0 Å². The molecule has 2 rings (SSSR count). The van der Waals surface area contributed by atoms with E-state index in [4.69, 9.17) is 4.74 Å². The second kappa shape index (κ2) is 6.39. The van der Waals surface area contributed by atoms with E-state index < -0.39 is 0 Å². The molecule has 0 aromatic heterocycles. The van der Waals surface area contributed by atoms with Gasteiger partial charge >= 0.3 is 113 Å². The summed E-state index contributed by atoms with van der Waals surface area (Å²) in [6.07, 6.45) is 0. The number of ketones is 1. The number of carbonyl (C=O) groups excluding carboxylic acids is 1. The summed E-state index contributed by atoms with van der Waals surface area (Å²) in [4.78, 5) is 12.0. The van der Waals surface area contributed by atoms with E-state index in [1.54, 1.807) is 13.2 Å². The zero-order valence-corrected chi connectivity index (χ0v) is 11.8. The molecule has 3 heteroatoms. The molecule has 0 radical (unpaired) electrons. The third-order valence-corrected chi connectivity index (χ3v) is 4.63. The number of carbonyl (C=O) groups is 1. The fraction of sp³-hybridized carbons (Fsp3) is 0.133. The molecule has 0 unspecified atom stereocenters. The zero-order chi connectivity index (χ0) is 12.8. The van der Waals surface area contributed by atoms with Gasteiger partial charge in [0.1, 0.15) is 0 Å². The van der Waals surface area contributed by atoms with Crippen LogP contribution in [0.5, 0.6) is 5.75 Å². The van der Waals surface area contributed by atoms with Crippen LogP contribution in [0.4, 0.5) is 0 Å². The Labute approximate surface area is 113 Å². The predicted octanol–water partition coefficient (Wildman–Crippen LogP) is 2.33. The van der Waals surface area contributed by atoms with E-state index >= 15 is 0 Å². The molecule has 92 valence electrons. The van der Waals surface area contributed by atoms with Crippen LogP contribution < -0.4 is 9.20 Å². The Bertz CT molecular complexity index is 523. The van der Waals surface area contributed by atoms with Gasteiger partial charge in [0.05, 0.1) is 0 Å². The van der Waals surface area contributed by atoms with Gasteiger partial charge in [-0.3, -0.25) is 0 Å². The van der Waals surface area contributed by atoms with Gasteiger partial charge in [-0.1, -0.05) is 0 Å². The first-order valence-corrected chi connectivity index (χ1v) is 7.71. The maximum atomic E-state index is 12.0. The first-order valence-electron chi connectivity index (χ1n) is 5.64. The Balaban J connectivity index is 1.99. The van der Waals surface area contributed by atoms with Crippen LogP contribution in [0.25, 0.3) is 0 Å².